The lowest BCUT2D eigenvalue weighted by atomic mass is 9.95. The Morgan fingerprint density at radius 2 is 1.95 bits per heavy atom. The molecule has 1 aliphatic carbocycles. The predicted octanol–water partition coefficient (Wildman–Crippen LogP) is 4.59. The summed E-state index contributed by atoms with van der Waals surface area (Å²) < 4.78 is 11.1. The fourth-order valence-corrected chi connectivity index (χ4v) is 3.01. The van der Waals surface area contributed by atoms with Gasteiger partial charge in [-0.1, -0.05) is 30.9 Å². The Labute approximate surface area is 138 Å². The highest BCUT2D eigenvalue weighted by Crippen LogP contribution is 2.35. The van der Waals surface area contributed by atoms with Crippen molar-refractivity contribution in [3.05, 3.63) is 22.7 Å². The van der Waals surface area contributed by atoms with E-state index in [0.29, 0.717) is 23.4 Å². The summed E-state index contributed by atoms with van der Waals surface area (Å²) >= 11 is 6.16. The largest absolute Gasteiger partial charge is 0.493 e. The summed E-state index contributed by atoms with van der Waals surface area (Å²) in [6.07, 6.45) is 6.56. The second-order valence-corrected chi connectivity index (χ2v) is 5.68. The summed E-state index contributed by atoms with van der Waals surface area (Å²) in [5.74, 6) is 1.52. The van der Waals surface area contributed by atoms with Gasteiger partial charge in [-0.25, -0.2) is 0 Å². The highest BCUT2D eigenvalue weighted by atomic mass is 35.5. The highest BCUT2D eigenvalue weighted by molar-refractivity contribution is 6.30. The summed E-state index contributed by atoms with van der Waals surface area (Å²) in [5.41, 5.74) is 1.07. The molecule has 0 spiro atoms. The van der Waals surface area contributed by atoms with Gasteiger partial charge in [0.15, 0.2) is 11.5 Å². The zero-order chi connectivity index (χ0) is 14.4. The second kappa shape index (κ2) is 9.39. The fraction of sp³-hybridized carbons (Fsp3) is 0.625. The van der Waals surface area contributed by atoms with E-state index in [9.17, 15) is 0 Å². The van der Waals surface area contributed by atoms with Gasteiger partial charge in [-0.3, -0.25) is 0 Å². The van der Waals surface area contributed by atoms with Crippen LogP contribution in [-0.2, 0) is 6.54 Å². The third-order valence-corrected chi connectivity index (χ3v) is 4.01. The number of benzene rings is 1. The number of hydrogen-bond acceptors (Lipinski definition) is 3. The Morgan fingerprint density at radius 1 is 1.24 bits per heavy atom. The minimum absolute atomic E-state index is 0. The number of hydrogen-bond donors (Lipinski definition) is 1. The molecule has 1 aliphatic rings. The van der Waals surface area contributed by atoms with E-state index in [0.717, 1.165) is 17.9 Å². The van der Waals surface area contributed by atoms with Crippen LogP contribution >= 0.6 is 24.0 Å². The van der Waals surface area contributed by atoms with E-state index in [1.54, 1.807) is 13.2 Å². The van der Waals surface area contributed by atoms with Crippen LogP contribution in [0.1, 0.15) is 44.6 Å². The van der Waals surface area contributed by atoms with E-state index in [1.807, 2.05) is 13.0 Å². The molecule has 1 aromatic rings. The molecule has 0 radical (unpaired) electrons. The maximum atomic E-state index is 6.16. The number of methoxy groups -OCH3 is 1. The second-order valence-electron chi connectivity index (χ2n) is 5.25. The van der Waals surface area contributed by atoms with Gasteiger partial charge in [0.25, 0.3) is 0 Å². The van der Waals surface area contributed by atoms with Gasteiger partial charge < -0.3 is 14.8 Å². The van der Waals surface area contributed by atoms with Crippen molar-refractivity contribution in [2.24, 2.45) is 0 Å². The van der Waals surface area contributed by atoms with Crippen LogP contribution in [0.3, 0.4) is 0 Å². The average molecular weight is 334 g/mol. The van der Waals surface area contributed by atoms with Crippen molar-refractivity contribution < 1.29 is 9.47 Å². The monoisotopic (exact) mass is 333 g/mol. The summed E-state index contributed by atoms with van der Waals surface area (Å²) in [6.45, 7) is 3.37. The average Bonchev–Trinajstić information content (AvgIpc) is 2.48. The molecule has 0 atom stereocenters. The zero-order valence-corrected chi connectivity index (χ0v) is 14.4. The SMILES string of the molecule is CCOc1c(CNC2CCCCC2)cc(Cl)cc1OC.Cl. The molecular formula is C16H25Cl2NO2. The molecule has 5 heteroatoms. The van der Waals surface area contributed by atoms with Crippen LogP contribution < -0.4 is 14.8 Å². The molecule has 0 unspecified atom stereocenters. The van der Waals surface area contributed by atoms with Gasteiger partial charge in [-0.2, -0.15) is 0 Å². The van der Waals surface area contributed by atoms with Gasteiger partial charge in [-0.05, 0) is 25.8 Å². The molecule has 0 aromatic heterocycles. The molecule has 1 N–H and O–H groups in total. The van der Waals surface area contributed by atoms with Crippen molar-refractivity contribution in [1.29, 1.82) is 0 Å². The van der Waals surface area contributed by atoms with Gasteiger partial charge in [0.05, 0.1) is 13.7 Å². The van der Waals surface area contributed by atoms with E-state index in [2.05, 4.69) is 5.32 Å². The van der Waals surface area contributed by atoms with Crippen LogP contribution in [0, 0.1) is 0 Å². The van der Waals surface area contributed by atoms with Gasteiger partial charge in [0.2, 0.25) is 0 Å². The Bertz CT molecular complexity index is 435. The van der Waals surface area contributed by atoms with Gasteiger partial charge in [0, 0.05) is 29.2 Å². The van der Waals surface area contributed by atoms with Crippen LogP contribution in [-0.4, -0.2) is 19.8 Å². The summed E-state index contributed by atoms with van der Waals surface area (Å²) in [7, 11) is 1.65. The quantitative estimate of drug-likeness (QED) is 0.825. The van der Waals surface area contributed by atoms with Gasteiger partial charge in [-0.15, -0.1) is 12.4 Å². The Kier molecular flexibility index (Phi) is 8.23. The van der Waals surface area contributed by atoms with Crippen LogP contribution in [0.2, 0.25) is 5.02 Å². The van der Waals surface area contributed by atoms with E-state index < -0.39 is 0 Å². The Balaban J connectivity index is 0.00000220. The van der Waals surface area contributed by atoms with E-state index in [1.165, 1.54) is 32.1 Å². The molecule has 0 heterocycles. The molecule has 0 saturated heterocycles. The van der Waals surface area contributed by atoms with Crippen LogP contribution in [0.4, 0.5) is 0 Å². The summed E-state index contributed by atoms with van der Waals surface area (Å²) in [4.78, 5) is 0. The van der Waals surface area contributed by atoms with E-state index in [-0.39, 0.29) is 12.4 Å². The number of nitrogens with one attached hydrogen (secondary N) is 1. The third kappa shape index (κ3) is 5.24. The molecule has 2 rings (SSSR count). The maximum Gasteiger partial charge on any atom is 0.165 e. The third-order valence-electron chi connectivity index (χ3n) is 3.79. The lowest BCUT2D eigenvalue weighted by Gasteiger charge is -2.24. The number of halogens is 2. The lowest BCUT2D eigenvalue weighted by Crippen LogP contribution is -2.30. The van der Waals surface area contributed by atoms with E-state index in [4.69, 9.17) is 21.1 Å². The van der Waals surface area contributed by atoms with Crippen molar-refractivity contribution in [3.8, 4) is 11.5 Å². The standard InChI is InChI=1S/C16H24ClNO2.ClH/c1-3-20-16-12(9-13(17)10-15(16)19-2)11-18-14-7-5-4-6-8-14;/h9-10,14,18H,3-8,11H2,1-2H3;1H. The molecule has 3 nitrogen and oxygen atoms in total. The minimum Gasteiger partial charge on any atom is -0.493 e. The first-order chi connectivity index (χ1) is 9.74. The lowest BCUT2D eigenvalue weighted by molar-refractivity contribution is 0.304. The van der Waals surface area contributed by atoms with E-state index >= 15 is 0 Å². The smallest absolute Gasteiger partial charge is 0.165 e. The molecule has 0 bridgehead atoms. The van der Waals surface area contributed by atoms with Crippen molar-refractivity contribution in [3.63, 3.8) is 0 Å². The Hall–Kier alpha value is -0.640. The number of ether oxygens (including phenoxy) is 2. The Morgan fingerprint density at radius 3 is 2.57 bits per heavy atom. The first kappa shape index (κ1) is 18.4. The molecule has 21 heavy (non-hydrogen) atoms. The van der Waals surface area contributed by atoms with Gasteiger partial charge >= 0.3 is 0 Å². The summed E-state index contributed by atoms with van der Waals surface area (Å²) in [6, 6.07) is 4.38. The fourth-order valence-electron chi connectivity index (χ4n) is 2.77. The van der Waals surface area contributed by atoms with Crippen LogP contribution in [0.25, 0.3) is 0 Å². The molecule has 0 amide bonds. The molecule has 120 valence electrons. The predicted molar refractivity (Wildman–Crippen MR) is 90.1 cm³/mol. The maximum absolute atomic E-state index is 6.16. The molecule has 1 aromatic carbocycles. The highest BCUT2D eigenvalue weighted by Gasteiger charge is 2.16. The topological polar surface area (TPSA) is 30.5 Å². The first-order valence-corrected chi connectivity index (χ1v) is 7.85. The molecule has 0 aliphatic heterocycles. The van der Waals surface area contributed by atoms with Crippen molar-refractivity contribution in [1.82, 2.24) is 5.32 Å². The molecular weight excluding hydrogens is 309 g/mol. The van der Waals surface area contributed by atoms with Crippen molar-refractivity contribution in [2.45, 2.75) is 51.6 Å². The van der Waals surface area contributed by atoms with Crippen molar-refractivity contribution in [2.75, 3.05) is 13.7 Å². The normalized spacial score (nSPS) is 15.4. The number of rotatable bonds is 6. The zero-order valence-electron chi connectivity index (χ0n) is 12.8. The van der Waals surface area contributed by atoms with Gasteiger partial charge in [0.1, 0.15) is 0 Å². The minimum atomic E-state index is 0. The first-order valence-electron chi connectivity index (χ1n) is 7.47. The van der Waals surface area contributed by atoms with Crippen LogP contribution in [0.15, 0.2) is 12.1 Å². The van der Waals surface area contributed by atoms with Crippen molar-refractivity contribution >= 4 is 24.0 Å². The molecule has 1 saturated carbocycles. The molecule has 1 fully saturated rings. The summed E-state index contributed by atoms with van der Waals surface area (Å²) in [5, 5.41) is 4.31. The van der Waals surface area contributed by atoms with Crippen LogP contribution in [0.5, 0.6) is 11.5 Å².